The quantitative estimate of drug-likeness (QED) is 0.921. The van der Waals surface area contributed by atoms with Gasteiger partial charge in [-0.05, 0) is 49.9 Å². The second-order valence-electron chi connectivity index (χ2n) is 5.36. The molecule has 2 rings (SSSR count). The summed E-state index contributed by atoms with van der Waals surface area (Å²) in [6, 6.07) is 9.93. The van der Waals surface area contributed by atoms with E-state index in [0.717, 1.165) is 24.0 Å². The highest BCUT2D eigenvalue weighted by Gasteiger charge is 2.32. The Labute approximate surface area is 119 Å². The normalized spacial score (nSPS) is 26.4. The van der Waals surface area contributed by atoms with Crippen molar-refractivity contribution in [3.63, 3.8) is 0 Å². The molecule has 1 aliphatic heterocycles. The predicted molar refractivity (Wildman–Crippen MR) is 80.5 cm³/mol. The van der Waals surface area contributed by atoms with E-state index in [1.807, 2.05) is 0 Å². The summed E-state index contributed by atoms with van der Waals surface area (Å²) in [5.74, 6) is 0.671. The number of hydrogen-bond donors (Lipinski definition) is 1. The second-order valence-corrected chi connectivity index (χ2v) is 6.27. The smallest absolute Gasteiger partial charge is 0.0348 e. The first-order chi connectivity index (χ1) is 8.65. The summed E-state index contributed by atoms with van der Waals surface area (Å²) in [5, 5.41) is 0. The van der Waals surface area contributed by atoms with Crippen molar-refractivity contribution in [1.29, 1.82) is 0 Å². The molecule has 0 aliphatic carbocycles. The zero-order valence-electron chi connectivity index (χ0n) is 11.3. The molecule has 3 heteroatoms. The molecular formula is C15H23BrN2. The van der Waals surface area contributed by atoms with Crippen LogP contribution in [-0.4, -0.2) is 24.0 Å². The lowest BCUT2D eigenvalue weighted by molar-refractivity contribution is 0.182. The minimum atomic E-state index is 0.532. The van der Waals surface area contributed by atoms with E-state index in [9.17, 15) is 0 Å². The second kappa shape index (κ2) is 6.18. The molecule has 3 unspecified atom stereocenters. The largest absolute Gasteiger partial charge is 0.330 e. The van der Waals surface area contributed by atoms with Gasteiger partial charge in [0, 0.05) is 23.1 Å². The number of halogens is 1. The van der Waals surface area contributed by atoms with Crippen molar-refractivity contribution in [2.24, 2.45) is 11.7 Å². The monoisotopic (exact) mass is 310 g/mol. The van der Waals surface area contributed by atoms with Crippen LogP contribution in [0.2, 0.25) is 0 Å². The molecule has 1 heterocycles. The van der Waals surface area contributed by atoms with Crippen molar-refractivity contribution in [2.75, 3.05) is 13.1 Å². The zero-order chi connectivity index (χ0) is 13.1. The number of hydrogen-bond acceptors (Lipinski definition) is 2. The van der Waals surface area contributed by atoms with E-state index in [1.54, 1.807) is 0 Å². The van der Waals surface area contributed by atoms with E-state index < -0.39 is 0 Å². The molecule has 2 nitrogen and oxygen atoms in total. The zero-order valence-corrected chi connectivity index (χ0v) is 12.9. The van der Waals surface area contributed by atoms with Crippen LogP contribution in [0.5, 0.6) is 0 Å². The molecule has 0 amide bonds. The molecule has 1 saturated heterocycles. The summed E-state index contributed by atoms with van der Waals surface area (Å²) in [4.78, 5) is 2.63. The molecule has 1 aliphatic rings. The van der Waals surface area contributed by atoms with Gasteiger partial charge in [0.25, 0.3) is 0 Å². The van der Waals surface area contributed by atoms with Crippen LogP contribution in [0.4, 0.5) is 0 Å². The highest BCUT2D eigenvalue weighted by Crippen LogP contribution is 2.34. The van der Waals surface area contributed by atoms with Gasteiger partial charge in [0.05, 0.1) is 0 Å². The lowest BCUT2D eigenvalue weighted by Crippen LogP contribution is -2.32. The van der Waals surface area contributed by atoms with Gasteiger partial charge in [-0.25, -0.2) is 0 Å². The van der Waals surface area contributed by atoms with Crippen LogP contribution in [0.15, 0.2) is 28.7 Å². The molecule has 18 heavy (non-hydrogen) atoms. The van der Waals surface area contributed by atoms with E-state index in [0.29, 0.717) is 18.0 Å². The van der Waals surface area contributed by atoms with Crippen molar-refractivity contribution in [3.8, 4) is 0 Å². The fraction of sp³-hybridized carbons (Fsp3) is 0.600. The van der Waals surface area contributed by atoms with E-state index >= 15 is 0 Å². The van der Waals surface area contributed by atoms with E-state index in [4.69, 9.17) is 5.73 Å². The van der Waals surface area contributed by atoms with Crippen LogP contribution >= 0.6 is 15.9 Å². The summed E-state index contributed by atoms with van der Waals surface area (Å²) in [5.41, 5.74) is 7.25. The molecule has 0 saturated carbocycles. The summed E-state index contributed by atoms with van der Waals surface area (Å²) in [6.45, 7) is 6.57. The summed E-state index contributed by atoms with van der Waals surface area (Å²) in [7, 11) is 0. The van der Waals surface area contributed by atoms with Gasteiger partial charge in [0.1, 0.15) is 0 Å². The summed E-state index contributed by atoms with van der Waals surface area (Å²) >= 11 is 3.50. The molecule has 0 spiro atoms. The van der Waals surface area contributed by atoms with E-state index in [2.05, 4.69) is 58.9 Å². The third kappa shape index (κ3) is 2.95. The van der Waals surface area contributed by atoms with Crippen LogP contribution in [0, 0.1) is 5.92 Å². The lowest BCUT2D eigenvalue weighted by atomic mass is 10.0. The van der Waals surface area contributed by atoms with Crippen LogP contribution in [0.25, 0.3) is 0 Å². The highest BCUT2D eigenvalue weighted by atomic mass is 79.9. The van der Waals surface area contributed by atoms with Crippen LogP contribution in [0.1, 0.15) is 38.3 Å². The lowest BCUT2D eigenvalue weighted by Gasteiger charge is -2.31. The first kappa shape index (κ1) is 14.0. The molecule has 0 radical (unpaired) electrons. The van der Waals surface area contributed by atoms with Gasteiger partial charge in [-0.2, -0.15) is 0 Å². The maximum absolute atomic E-state index is 5.83. The molecule has 100 valence electrons. The van der Waals surface area contributed by atoms with Gasteiger partial charge in [0.2, 0.25) is 0 Å². The van der Waals surface area contributed by atoms with Crippen molar-refractivity contribution in [3.05, 3.63) is 34.3 Å². The van der Waals surface area contributed by atoms with Crippen molar-refractivity contribution in [2.45, 2.75) is 38.8 Å². The van der Waals surface area contributed by atoms with Crippen LogP contribution in [-0.2, 0) is 0 Å². The average molecular weight is 311 g/mol. The Morgan fingerprint density at radius 1 is 1.39 bits per heavy atom. The fourth-order valence-electron chi connectivity index (χ4n) is 3.12. The number of likely N-dealkylation sites (tertiary alicyclic amines) is 1. The van der Waals surface area contributed by atoms with Crippen LogP contribution < -0.4 is 5.73 Å². The van der Waals surface area contributed by atoms with Crippen molar-refractivity contribution >= 4 is 15.9 Å². The number of rotatable bonds is 4. The molecule has 1 fully saturated rings. The molecule has 3 atom stereocenters. The molecule has 0 bridgehead atoms. The van der Waals surface area contributed by atoms with Gasteiger partial charge in [-0.1, -0.05) is 35.0 Å². The number of nitrogens with two attached hydrogens (primary N) is 1. The third-order valence-electron chi connectivity index (χ3n) is 4.08. The minimum absolute atomic E-state index is 0.532. The van der Waals surface area contributed by atoms with E-state index in [-0.39, 0.29) is 0 Å². The fourth-order valence-corrected chi connectivity index (χ4v) is 3.39. The maximum atomic E-state index is 5.83. The Balaban J connectivity index is 2.16. The Morgan fingerprint density at radius 3 is 2.56 bits per heavy atom. The van der Waals surface area contributed by atoms with Gasteiger partial charge in [-0.15, -0.1) is 0 Å². The minimum Gasteiger partial charge on any atom is -0.330 e. The number of nitrogens with zero attached hydrogens (tertiary/aromatic N) is 1. The van der Waals surface area contributed by atoms with Gasteiger partial charge >= 0.3 is 0 Å². The van der Waals surface area contributed by atoms with Crippen molar-refractivity contribution < 1.29 is 0 Å². The standard InChI is InChI=1S/C15H23BrN2/c1-3-15(13-4-6-14(16)7-5-13)18-10-12(9-17)8-11(18)2/h4-7,11-12,15H,3,8-10,17H2,1-2H3. The van der Waals surface area contributed by atoms with Gasteiger partial charge in [0.15, 0.2) is 0 Å². The molecule has 2 N–H and O–H groups in total. The van der Waals surface area contributed by atoms with Gasteiger partial charge in [-0.3, -0.25) is 4.90 Å². The van der Waals surface area contributed by atoms with Crippen molar-refractivity contribution in [1.82, 2.24) is 4.90 Å². The Bertz CT molecular complexity index is 377. The number of benzene rings is 1. The topological polar surface area (TPSA) is 29.3 Å². The highest BCUT2D eigenvalue weighted by molar-refractivity contribution is 9.10. The Hall–Kier alpha value is -0.380. The summed E-state index contributed by atoms with van der Waals surface area (Å²) in [6.07, 6.45) is 2.40. The Kier molecular flexibility index (Phi) is 4.82. The Morgan fingerprint density at radius 2 is 2.06 bits per heavy atom. The first-order valence-corrected chi connectivity index (χ1v) is 7.66. The van der Waals surface area contributed by atoms with E-state index in [1.165, 1.54) is 12.0 Å². The maximum Gasteiger partial charge on any atom is 0.0348 e. The van der Waals surface area contributed by atoms with Gasteiger partial charge < -0.3 is 5.73 Å². The predicted octanol–water partition coefficient (Wildman–Crippen LogP) is 3.57. The average Bonchev–Trinajstić information content (AvgIpc) is 2.74. The molecule has 1 aromatic carbocycles. The molecule has 0 aromatic heterocycles. The molecule has 1 aromatic rings. The SMILES string of the molecule is CCC(c1ccc(Br)cc1)N1CC(CN)CC1C. The molecular weight excluding hydrogens is 288 g/mol. The third-order valence-corrected chi connectivity index (χ3v) is 4.61. The summed E-state index contributed by atoms with van der Waals surface area (Å²) < 4.78 is 1.15. The first-order valence-electron chi connectivity index (χ1n) is 6.87. The van der Waals surface area contributed by atoms with Crippen LogP contribution in [0.3, 0.4) is 0 Å².